The van der Waals surface area contributed by atoms with Crippen LogP contribution in [-0.2, 0) is 9.47 Å². The third-order valence-corrected chi connectivity index (χ3v) is 3.69. The third kappa shape index (κ3) is 3.93. The molecule has 3 heteroatoms. The van der Waals surface area contributed by atoms with Crippen LogP contribution in [0.2, 0.25) is 0 Å². The van der Waals surface area contributed by atoms with Gasteiger partial charge < -0.3 is 9.47 Å². The van der Waals surface area contributed by atoms with Gasteiger partial charge in [0.2, 0.25) is 0 Å². The molecule has 0 N–H and O–H groups in total. The minimum absolute atomic E-state index is 0.120. The first kappa shape index (κ1) is 16.7. The van der Waals surface area contributed by atoms with E-state index in [-0.39, 0.29) is 18.0 Å². The Balaban J connectivity index is 2.19. The van der Waals surface area contributed by atoms with Gasteiger partial charge in [-0.25, -0.2) is 4.39 Å². The molecule has 2 rings (SSSR count). The average Bonchev–Trinajstić information content (AvgIpc) is 2.55. The zero-order valence-electron chi connectivity index (χ0n) is 13.4. The third-order valence-electron chi connectivity index (χ3n) is 3.69. The van der Waals surface area contributed by atoms with Crippen molar-refractivity contribution in [1.29, 1.82) is 0 Å². The van der Waals surface area contributed by atoms with Gasteiger partial charge in [0, 0.05) is 24.7 Å². The Labute approximate surface area is 131 Å². The molecular weight excluding hydrogens is 279 g/mol. The van der Waals surface area contributed by atoms with Crippen LogP contribution in [0.15, 0.2) is 48.5 Å². The van der Waals surface area contributed by atoms with Crippen LogP contribution in [0.5, 0.6) is 0 Å². The summed E-state index contributed by atoms with van der Waals surface area (Å²) in [6, 6.07) is 14.7. The molecule has 0 bridgehead atoms. The number of halogens is 1. The summed E-state index contributed by atoms with van der Waals surface area (Å²) in [6.07, 6.45) is -0.255. The van der Waals surface area contributed by atoms with Crippen LogP contribution in [0.1, 0.15) is 32.3 Å². The van der Waals surface area contributed by atoms with Crippen molar-refractivity contribution in [2.45, 2.75) is 33.0 Å². The topological polar surface area (TPSA) is 18.5 Å². The van der Waals surface area contributed by atoms with E-state index in [1.807, 2.05) is 44.2 Å². The van der Waals surface area contributed by atoms with E-state index in [9.17, 15) is 4.39 Å². The summed E-state index contributed by atoms with van der Waals surface area (Å²) >= 11 is 0. The van der Waals surface area contributed by atoms with E-state index < -0.39 is 0 Å². The fraction of sp³-hybridized carbons (Fsp3) is 0.368. The second-order valence-corrected chi connectivity index (χ2v) is 5.17. The van der Waals surface area contributed by atoms with Gasteiger partial charge in [-0.3, -0.25) is 0 Å². The molecule has 2 aromatic carbocycles. The van der Waals surface area contributed by atoms with Gasteiger partial charge in [-0.1, -0.05) is 49.4 Å². The highest BCUT2D eigenvalue weighted by atomic mass is 19.1. The fourth-order valence-electron chi connectivity index (χ4n) is 2.48. The summed E-state index contributed by atoms with van der Waals surface area (Å²) in [4.78, 5) is 0. The maximum absolute atomic E-state index is 13.8. The van der Waals surface area contributed by atoms with Crippen LogP contribution >= 0.6 is 0 Å². The Morgan fingerprint density at radius 3 is 2.05 bits per heavy atom. The van der Waals surface area contributed by atoms with Crippen molar-refractivity contribution in [1.82, 2.24) is 0 Å². The first-order valence-electron chi connectivity index (χ1n) is 7.75. The molecule has 0 saturated carbocycles. The molecule has 0 radical (unpaired) electrons. The highest BCUT2D eigenvalue weighted by Gasteiger charge is 2.19. The normalized spacial score (nSPS) is 12.6. The molecule has 0 fully saturated rings. The lowest BCUT2D eigenvalue weighted by atomic mass is 9.97. The standard InChI is InChI=1S/C19H23FO2/c1-4-21-19(22-5-2)14(3)15-10-12-16(13-11-15)17-8-6-7-9-18(17)20/h6-14,19H,4-5H2,1-3H3. The van der Waals surface area contributed by atoms with E-state index in [0.29, 0.717) is 18.8 Å². The SMILES string of the molecule is CCOC(OCC)C(C)c1ccc(-c2ccccc2F)cc1. The van der Waals surface area contributed by atoms with Crippen molar-refractivity contribution in [2.24, 2.45) is 0 Å². The van der Waals surface area contributed by atoms with Crippen molar-refractivity contribution < 1.29 is 13.9 Å². The lowest BCUT2D eigenvalue weighted by Gasteiger charge is -2.24. The molecule has 0 saturated heterocycles. The van der Waals surface area contributed by atoms with Crippen LogP contribution in [0, 0.1) is 5.82 Å². The van der Waals surface area contributed by atoms with Crippen LogP contribution in [-0.4, -0.2) is 19.5 Å². The molecule has 0 aliphatic rings. The Morgan fingerprint density at radius 1 is 0.909 bits per heavy atom. The monoisotopic (exact) mass is 302 g/mol. The predicted molar refractivity (Wildman–Crippen MR) is 87.3 cm³/mol. The Morgan fingerprint density at radius 2 is 1.50 bits per heavy atom. The predicted octanol–water partition coefficient (Wildman–Crippen LogP) is 5.00. The molecule has 22 heavy (non-hydrogen) atoms. The highest BCUT2D eigenvalue weighted by molar-refractivity contribution is 5.64. The number of ether oxygens (including phenoxy) is 2. The maximum Gasteiger partial charge on any atom is 0.164 e. The van der Waals surface area contributed by atoms with E-state index >= 15 is 0 Å². The number of rotatable bonds is 7. The Bertz CT molecular complexity index is 574. The van der Waals surface area contributed by atoms with Crippen molar-refractivity contribution in [3.8, 4) is 11.1 Å². The van der Waals surface area contributed by atoms with Gasteiger partial charge in [0.1, 0.15) is 5.82 Å². The minimum Gasteiger partial charge on any atom is -0.352 e. The van der Waals surface area contributed by atoms with Gasteiger partial charge in [-0.15, -0.1) is 0 Å². The molecule has 1 atom stereocenters. The van der Waals surface area contributed by atoms with Crippen LogP contribution in [0.3, 0.4) is 0 Å². The quantitative estimate of drug-likeness (QED) is 0.670. The van der Waals surface area contributed by atoms with Gasteiger partial charge in [-0.2, -0.15) is 0 Å². The van der Waals surface area contributed by atoms with Crippen molar-refractivity contribution in [3.63, 3.8) is 0 Å². The van der Waals surface area contributed by atoms with Gasteiger partial charge in [0.25, 0.3) is 0 Å². The second kappa shape index (κ2) is 8.06. The van der Waals surface area contributed by atoms with Crippen molar-refractivity contribution in [2.75, 3.05) is 13.2 Å². The second-order valence-electron chi connectivity index (χ2n) is 5.17. The molecule has 1 unspecified atom stereocenters. The van der Waals surface area contributed by atoms with Gasteiger partial charge in [0.05, 0.1) is 0 Å². The molecule has 2 aromatic rings. The van der Waals surface area contributed by atoms with Gasteiger partial charge in [-0.05, 0) is 31.0 Å². The Kier molecular flexibility index (Phi) is 6.10. The average molecular weight is 302 g/mol. The molecule has 0 heterocycles. The van der Waals surface area contributed by atoms with E-state index in [2.05, 4.69) is 6.92 Å². The lowest BCUT2D eigenvalue weighted by Crippen LogP contribution is -2.24. The number of hydrogen-bond donors (Lipinski definition) is 0. The molecule has 0 aromatic heterocycles. The summed E-state index contributed by atoms with van der Waals surface area (Å²) in [5.74, 6) is -0.0839. The van der Waals surface area contributed by atoms with Gasteiger partial charge in [0.15, 0.2) is 6.29 Å². The summed E-state index contributed by atoms with van der Waals surface area (Å²) in [5.41, 5.74) is 2.61. The zero-order valence-corrected chi connectivity index (χ0v) is 13.4. The van der Waals surface area contributed by atoms with Crippen molar-refractivity contribution >= 4 is 0 Å². The molecular formula is C19H23FO2. The van der Waals surface area contributed by atoms with Crippen LogP contribution in [0.4, 0.5) is 4.39 Å². The molecule has 0 amide bonds. The summed E-state index contributed by atoms with van der Waals surface area (Å²) in [6.45, 7) is 7.22. The number of hydrogen-bond acceptors (Lipinski definition) is 2. The van der Waals surface area contributed by atoms with E-state index in [1.165, 1.54) is 6.07 Å². The fourth-order valence-corrected chi connectivity index (χ4v) is 2.48. The first-order valence-corrected chi connectivity index (χ1v) is 7.75. The summed E-state index contributed by atoms with van der Waals surface area (Å²) in [5, 5.41) is 0. The molecule has 118 valence electrons. The maximum atomic E-state index is 13.8. The van der Waals surface area contributed by atoms with Crippen LogP contribution in [0.25, 0.3) is 11.1 Å². The van der Waals surface area contributed by atoms with Gasteiger partial charge >= 0.3 is 0 Å². The zero-order chi connectivity index (χ0) is 15.9. The van der Waals surface area contributed by atoms with E-state index in [4.69, 9.17) is 9.47 Å². The largest absolute Gasteiger partial charge is 0.352 e. The van der Waals surface area contributed by atoms with E-state index in [1.54, 1.807) is 12.1 Å². The van der Waals surface area contributed by atoms with E-state index in [0.717, 1.165) is 11.1 Å². The molecule has 0 spiro atoms. The summed E-state index contributed by atoms with van der Waals surface area (Å²) < 4.78 is 25.1. The minimum atomic E-state index is -0.255. The van der Waals surface area contributed by atoms with Crippen molar-refractivity contribution in [3.05, 3.63) is 59.9 Å². The lowest BCUT2D eigenvalue weighted by molar-refractivity contribution is -0.147. The van der Waals surface area contributed by atoms with Crippen LogP contribution < -0.4 is 0 Å². The molecule has 0 aliphatic carbocycles. The Hall–Kier alpha value is -1.71. The molecule has 2 nitrogen and oxygen atoms in total. The first-order chi connectivity index (χ1) is 10.7. The summed E-state index contributed by atoms with van der Waals surface area (Å²) in [7, 11) is 0. The molecule has 0 aliphatic heterocycles. The number of benzene rings is 2. The highest BCUT2D eigenvalue weighted by Crippen LogP contribution is 2.27. The smallest absolute Gasteiger partial charge is 0.164 e.